The number of aromatic nitrogens is 1. The number of pyridine rings is 1. The van der Waals surface area contributed by atoms with Gasteiger partial charge in [-0.25, -0.2) is 18.1 Å². The van der Waals surface area contributed by atoms with Gasteiger partial charge in [0.25, 0.3) is 0 Å². The zero-order valence-corrected chi connectivity index (χ0v) is 12.2. The molecule has 1 saturated carbocycles. The minimum Gasteiger partial charge on any atom is -0.384 e. The zero-order chi connectivity index (χ0) is 14.0. The van der Waals surface area contributed by atoms with E-state index in [-0.39, 0.29) is 10.9 Å². The van der Waals surface area contributed by atoms with Crippen LogP contribution < -0.4 is 10.5 Å². The largest absolute Gasteiger partial charge is 0.384 e. The molecule has 0 aliphatic heterocycles. The van der Waals surface area contributed by atoms with Crippen LogP contribution in [0.5, 0.6) is 0 Å². The van der Waals surface area contributed by atoms with Gasteiger partial charge in [0.1, 0.15) is 10.7 Å². The molecule has 0 spiro atoms. The van der Waals surface area contributed by atoms with E-state index in [1.807, 2.05) is 0 Å². The van der Waals surface area contributed by atoms with Crippen LogP contribution in [0.1, 0.15) is 33.1 Å². The lowest BCUT2D eigenvalue weighted by atomic mass is 9.81. The highest BCUT2D eigenvalue weighted by molar-refractivity contribution is 7.89. The second kappa shape index (κ2) is 5.46. The fourth-order valence-electron chi connectivity index (χ4n) is 2.88. The Bertz CT molecular complexity index is 517. The molecular weight excluding hydrogens is 262 g/mol. The SMILES string of the molecule is CC1CC(C)CC(NS(=O)(=O)c2ccc(N)nc2)C1. The van der Waals surface area contributed by atoms with Crippen LogP contribution >= 0.6 is 0 Å². The number of anilines is 1. The Morgan fingerprint density at radius 3 is 2.37 bits per heavy atom. The van der Waals surface area contributed by atoms with Gasteiger partial charge in [0, 0.05) is 12.2 Å². The van der Waals surface area contributed by atoms with E-state index in [1.54, 1.807) is 0 Å². The topological polar surface area (TPSA) is 85.1 Å². The summed E-state index contributed by atoms with van der Waals surface area (Å²) in [6, 6.07) is 3.00. The van der Waals surface area contributed by atoms with Crippen LogP contribution in [0, 0.1) is 11.8 Å². The molecule has 1 heterocycles. The van der Waals surface area contributed by atoms with Gasteiger partial charge in [0.05, 0.1) is 0 Å². The van der Waals surface area contributed by atoms with Crippen molar-refractivity contribution in [2.75, 3.05) is 5.73 Å². The number of nitrogens with zero attached hydrogens (tertiary/aromatic N) is 1. The molecule has 5 nitrogen and oxygen atoms in total. The Labute approximate surface area is 114 Å². The average molecular weight is 283 g/mol. The third-order valence-corrected chi connectivity index (χ3v) is 5.08. The van der Waals surface area contributed by atoms with Crippen LogP contribution in [0.15, 0.2) is 23.2 Å². The fraction of sp³-hybridized carbons (Fsp3) is 0.615. The summed E-state index contributed by atoms with van der Waals surface area (Å²) in [6.45, 7) is 4.34. The molecule has 3 N–H and O–H groups in total. The number of hydrogen-bond acceptors (Lipinski definition) is 4. The van der Waals surface area contributed by atoms with E-state index in [1.165, 1.54) is 24.8 Å². The maximum Gasteiger partial charge on any atom is 0.242 e. The predicted octanol–water partition coefficient (Wildman–Crippen LogP) is 1.77. The van der Waals surface area contributed by atoms with Gasteiger partial charge >= 0.3 is 0 Å². The second-order valence-corrected chi connectivity index (χ2v) is 7.37. The lowest BCUT2D eigenvalue weighted by Gasteiger charge is -2.31. The van der Waals surface area contributed by atoms with E-state index in [0.717, 1.165) is 12.8 Å². The molecule has 1 aromatic heterocycles. The average Bonchev–Trinajstić information content (AvgIpc) is 2.27. The summed E-state index contributed by atoms with van der Waals surface area (Å²) in [4.78, 5) is 4.00. The van der Waals surface area contributed by atoms with Crippen LogP contribution in [-0.4, -0.2) is 19.4 Å². The van der Waals surface area contributed by atoms with Crippen molar-refractivity contribution in [3.05, 3.63) is 18.3 Å². The van der Waals surface area contributed by atoms with Crippen molar-refractivity contribution < 1.29 is 8.42 Å². The van der Waals surface area contributed by atoms with Gasteiger partial charge in [-0.15, -0.1) is 0 Å². The monoisotopic (exact) mass is 283 g/mol. The maximum absolute atomic E-state index is 12.2. The number of sulfonamides is 1. The highest BCUT2D eigenvalue weighted by Crippen LogP contribution is 2.29. The van der Waals surface area contributed by atoms with Crippen molar-refractivity contribution >= 4 is 15.8 Å². The summed E-state index contributed by atoms with van der Waals surface area (Å²) >= 11 is 0. The van der Waals surface area contributed by atoms with Gasteiger partial charge in [-0.05, 0) is 43.2 Å². The third-order valence-electron chi connectivity index (χ3n) is 3.57. The first-order chi connectivity index (χ1) is 8.87. The first-order valence-electron chi connectivity index (χ1n) is 6.60. The van der Waals surface area contributed by atoms with Gasteiger partial charge < -0.3 is 5.73 Å². The van der Waals surface area contributed by atoms with Crippen molar-refractivity contribution in [1.82, 2.24) is 9.71 Å². The maximum atomic E-state index is 12.2. The summed E-state index contributed by atoms with van der Waals surface area (Å²) in [6.07, 6.45) is 4.26. The van der Waals surface area contributed by atoms with Gasteiger partial charge in [-0.2, -0.15) is 0 Å². The molecule has 2 rings (SSSR count). The Balaban J connectivity index is 2.10. The Morgan fingerprint density at radius 1 is 1.21 bits per heavy atom. The Kier molecular flexibility index (Phi) is 4.10. The standard InChI is InChI=1S/C13H21N3O2S/c1-9-5-10(2)7-11(6-9)16-19(17,18)12-3-4-13(14)15-8-12/h3-4,8-11,16H,5-7H2,1-2H3,(H2,14,15). The third kappa shape index (κ3) is 3.67. The zero-order valence-electron chi connectivity index (χ0n) is 11.3. The molecule has 1 fully saturated rings. The van der Waals surface area contributed by atoms with Crippen LogP contribution in [0.4, 0.5) is 5.82 Å². The predicted molar refractivity (Wildman–Crippen MR) is 74.9 cm³/mol. The molecule has 0 radical (unpaired) electrons. The van der Waals surface area contributed by atoms with Crippen molar-refractivity contribution in [3.63, 3.8) is 0 Å². The molecule has 0 amide bonds. The first kappa shape index (κ1) is 14.3. The van der Waals surface area contributed by atoms with Crippen LogP contribution in [0.3, 0.4) is 0 Å². The fourth-order valence-corrected chi connectivity index (χ4v) is 4.09. The van der Waals surface area contributed by atoms with E-state index < -0.39 is 10.0 Å². The van der Waals surface area contributed by atoms with E-state index in [2.05, 4.69) is 23.6 Å². The van der Waals surface area contributed by atoms with E-state index in [0.29, 0.717) is 17.7 Å². The summed E-state index contributed by atoms with van der Waals surface area (Å²) in [5.74, 6) is 1.43. The van der Waals surface area contributed by atoms with Crippen LogP contribution in [-0.2, 0) is 10.0 Å². The Morgan fingerprint density at radius 2 is 1.84 bits per heavy atom. The molecule has 0 saturated heterocycles. The number of nitrogen functional groups attached to an aromatic ring is 1. The molecule has 2 unspecified atom stereocenters. The van der Waals surface area contributed by atoms with Crippen molar-refractivity contribution in [2.24, 2.45) is 11.8 Å². The lowest BCUT2D eigenvalue weighted by molar-refractivity contribution is 0.257. The van der Waals surface area contributed by atoms with Crippen LogP contribution in [0.25, 0.3) is 0 Å². The van der Waals surface area contributed by atoms with Gasteiger partial charge in [-0.3, -0.25) is 0 Å². The summed E-state index contributed by atoms with van der Waals surface area (Å²) in [5.41, 5.74) is 5.46. The van der Waals surface area contributed by atoms with Crippen molar-refractivity contribution in [1.29, 1.82) is 0 Å². The van der Waals surface area contributed by atoms with Crippen LogP contribution in [0.2, 0.25) is 0 Å². The van der Waals surface area contributed by atoms with E-state index in [4.69, 9.17) is 5.73 Å². The second-order valence-electron chi connectivity index (χ2n) is 5.65. The normalized spacial score (nSPS) is 28.2. The number of hydrogen-bond donors (Lipinski definition) is 2. The number of nitrogens with one attached hydrogen (secondary N) is 1. The highest BCUT2D eigenvalue weighted by Gasteiger charge is 2.28. The first-order valence-corrected chi connectivity index (χ1v) is 8.09. The number of nitrogens with two attached hydrogens (primary N) is 1. The highest BCUT2D eigenvalue weighted by atomic mass is 32.2. The van der Waals surface area contributed by atoms with Crippen molar-refractivity contribution in [3.8, 4) is 0 Å². The van der Waals surface area contributed by atoms with Gasteiger partial charge in [0.15, 0.2) is 0 Å². The molecule has 1 aliphatic carbocycles. The Hall–Kier alpha value is -1.14. The lowest BCUT2D eigenvalue weighted by Crippen LogP contribution is -2.40. The molecule has 2 atom stereocenters. The molecule has 0 bridgehead atoms. The summed E-state index contributed by atoms with van der Waals surface area (Å²) < 4.78 is 27.2. The van der Waals surface area contributed by atoms with Crippen molar-refractivity contribution in [2.45, 2.75) is 44.0 Å². The van der Waals surface area contributed by atoms with E-state index in [9.17, 15) is 8.42 Å². The molecule has 19 heavy (non-hydrogen) atoms. The molecular formula is C13H21N3O2S. The smallest absolute Gasteiger partial charge is 0.242 e. The minimum atomic E-state index is -3.49. The van der Waals surface area contributed by atoms with Gasteiger partial charge in [0.2, 0.25) is 10.0 Å². The summed E-state index contributed by atoms with van der Waals surface area (Å²) in [7, 11) is -3.49. The quantitative estimate of drug-likeness (QED) is 0.885. The molecule has 6 heteroatoms. The van der Waals surface area contributed by atoms with E-state index >= 15 is 0 Å². The summed E-state index contributed by atoms with van der Waals surface area (Å²) in [5, 5.41) is 0. The molecule has 1 aliphatic rings. The molecule has 106 valence electrons. The van der Waals surface area contributed by atoms with Gasteiger partial charge in [-0.1, -0.05) is 13.8 Å². The molecule has 1 aromatic rings. The molecule has 0 aromatic carbocycles. The minimum absolute atomic E-state index is 0.0151. The number of rotatable bonds is 3.